The maximum absolute atomic E-state index is 12.6. The maximum Gasteiger partial charge on any atom is 0.139 e. The molecule has 104 valence electrons. The minimum absolute atomic E-state index is 0.150. The molecule has 3 aliphatic rings. The van der Waals surface area contributed by atoms with E-state index in [1.165, 1.54) is 0 Å². The van der Waals surface area contributed by atoms with Gasteiger partial charge in [0.2, 0.25) is 0 Å². The third-order valence-corrected chi connectivity index (χ3v) is 6.17. The van der Waals surface area contributed by atoms with Gasteiger partial charge in [0.05, 0.1) is 0 Å². The van der Waals surface area contributed by atoms with Gasteiger partial charge in [-0.05, 0) is 24.7 Å². The summed E-state index contributed by atoms with van der Waals surface area (Å²) in [6.07, 6.45) is 3.25. The molecule has 0 aromatic rings. The Bertz CT molecular complexity index is 474. The van der Waals surface area contributed by atoms with E-state index in [4.69, 9.17) is 0 Å². The summed E-state index contributed by atoms with van der Waals surface area (Å²) in [5.74, 6) is 1.03. The van der Waals surface area contributed by atoms with Gasteiger partial charge in [-0.1, -0.05) is 20.8 Å². The summed E-state index contributed by atoms with van der Waals surface area (Å²) >= 11 is 0. The molecule has 3 nitrogen and oxygen atoms in total. The second kappa shape index (κ2) is 3.77. The van der Waals surface area contributed by atoms with Crippen LogP contribution < -0.4 is 0 Å². The number of carbonyl (C=O) groups is 3. The van der Waals surface area contributed by atoms with Crippen LogP contribution in [0.3, 0.4) is 0 Å². The van der Waals surface area contributed by atoms with Gasteiger partial charge in [0.15, 0.2) is 0 Å². The Morgan fingerprint density at radius 2 is 1.58 bits per heavy atom. The summed E-state index contributed by atoms with van der Waals surface area (Å²) in [4.78, 5) is 36.9. The average molecular weight is 262 g/mol. The normalized spacial score (nSPS) is 45.0. The molecule has 3 rings (SSSR count). The van der Waals surface area contributed by atoms with Gasteiger partial charge < -0.3 is 0 Å². The van der Waals surface area contributed by atoms with Gasteiger partial charge in [-0.3, -0.25) is 14.4 Å². The third-order valence-electron chi connectivity index (χ3n) is 6.17. The van der Waals surface area contributed by atoms with Gasteiger partial charge >= 0.3 is 0 Å². The van der Waals surface area contributed by atoms with Gasteiger partial charge in [-0.25, -0.2) is 0 Å². The summed E-state index contributed by atoms with van der Waals surface area (Å²) in [6.45, 7) is 5.82. The molecule has 0 aromatic heterocycles. The minimum Gasteiger partial charge on any atom is -0.299 e. The lowest BCUT2D eigenvalue weighted by Gasteiger charge is -2.51. The zero-order valence-corrected chi connectivity index (χ0v) is 12.0. The molecule has 3 heteroatoms. The molecule has 0 saturated heterocycles. The average Bonchev–Trinajstić information content (AvgIpc) is 2.59. The highest BCUT2D eigenvalue weighted by molar-refractivity contribution is 5.99. The summed E-state index contributed by atoms with van der Waals surface area (Å²) in [6, 6.07) is 0. The summed E-state index contributed by atoms with van der Waals surface area (Å²) in [5, 5.41) is 0. The van der Waals surface area contributed by atoms with Crippen LogP contribution in [-0.2, 0) is 14.4 Å². The smallest absolute Gasteiger partial charge is 0.139 e. The number of rotatable bonds is 0. The van der Waals surface area contributed by atoms with Crippen LogP contribution in [0.2, 0.25) is 0 Å². The largest absolute Gasteiger partial charge is 0.299 e. The van der Waals surface area contributed by atoms with Crippen molar-refractivity contribution >= 4 is 17.3 Å². The number of ketones is 3. The van der Waals surface area contributed by atoms with E-state index in [0.29, 0.717) is 25.2 Å². The van der Waals surface area contributed by atoms with Gasteiger partial charge in [-0.2, -0.15) is 0 Å². The van der Waals surface area contributed by atoms with Crippen molar-refractivity contribution in [3.05, 3.63) is 0 Å². The van der Waals surface area contributed by atoms with E-state index in [9.17, 15) is 14.4 Å². The molecule has 0 radical (unpaired) electrons. The first kappa shape index (κ1) is 13.0. The molecule has 0 aromatic carbocycles. The first-order chi connectivity index (χ1) is 8.78. The van der Waals surface area contributed by atoms with Crippen molar-refractivity contribution in [2.24, 2.45) is 28.6 Å². The van der Waals surface area contributed by atoms with E-state index < -0.39 is 10.8 Å². The number of fused-ring (bicyclic) bond motifs is 3. The topological polar surface area (TPSA) is 51.2 Å². The molecule has 0 amide bonds. The molecule has 0 aliphatic heterocycles. The lowest BCUT2D eigenvalue weighted by Crippen LogP contribution is -2.55. The minimum atomic E-state index is -0.535. The van der Waals surface area contributed by atoms with Gasteiger partial charge in [0, 0.05) is 36.0 Å². The Hall–Kier alpha value is -0.990. The van der Waals surface area contributed by atoms with Crippen LogP contribution in [0.5, 0.6) is 0 Å². The van der Waals surface area contributed by atoms with Gasteiger partial charge in [0.25, 0.3) is 0 Å². The van der Waals surface area contributed by atoms with Crippen molar-refractivity contribution in [3.8, 4) is 0 Å². The van der Waals surface area contributed by atoms with E-state index in [0.717, 1.165) is 12.8 Å². The zero-order chi connectivity index (χ0) is 14.0. The Kier molecular flexibility index (Phi) is 2.58. The quantitative estimate of drug-likeness (QED) is 0.674. The number of carbonyl (C=O) groups excluding carboxylic acids is 3. The van der Waals surface area contributed by atoms with Crippen LogP contribution in [-0.4, -0.2) is 17.3 Å². The molecule has 0 spiro atoms. The van der Waals surface area contributed by atoms with Crippen LogP contribution >= 0.6 is 0 Å². The number of Topliss-reactive ketones (excluding diaryl/α,β-unsaturated/α-hetero) is 3. The van der Waals surface area contributed by atoms with Gasteiger partial charge in [0.1, 0.15) is 17.3 Å². The molecular formula is C16H22O3. The number of hydrogen-bond acceptors (Lipinski definition) is 3. The number of hydrogen-bond donors (Lipinski definition) is 0. The van der Waals surface area contributed by atoms with Gasteiger partial charge in [-0.15, -0.1) is 0 Å². The van der Waals surface area contributed by atoms with E-state index in [-0.39, 0.29) is 29.2 Å². The maximum atomic E-state index is 12.6. The first-order valence-electron chi connectivity index (χ1n) is 7.38. The van der Waals surface area contributed by atoms with Crippen LogP contribution in [0, 0.1) is 28.6 Å². The van der Waals surface area contributed by atoms with Crippen LogP contribution in [0.1, 0.15) is 52.9 Å². The van der Waals surface area contributed by atoms with E-state index in [2.05, 4.69) is 0 Å². The fourth-order valence-corrected chi connectivity index (χ4v) is 5.06. The Morgan fingerprint density at radius 3 is 2.26 bits per heavy atom. The van der Waals surface area contributed by atoms with E-state index >= 15 is 0 Å². The van der Waals surface area contributed by atoms with Crippen molar-refractivity contribution in [2.75, 3.05) is 0 Å². The van der Waals surface area contributed by atoms with Crippen LogP contribution in [0.15, 0.2) is 0 Å². The molecule has 0 heterocycles. The Balaban J connectivity index is 2.03. The highest BCUT2D eigenvalue weighted by Crippen LogP contribution is 2.59. The zero-order valence-electron chi connectivity index (χ0n) is 12.0. The molecule has 4 unspecified atom stereocenters. The lowest BCUT2D eigenvalue weighted by atomic mass is 9.50. The van der Waals surface area contributed by atoms with E-state index in [1.807, 2.05) is 20.8 Å². The van der Waals surface area contributed by atoms with Crippen molar-refractivity contribution in [1.29, 1.82) is 0 Å². The fourth-order valence-electron chi connectivity index (χ4n) is 5.06. The second-order valence-electron chi connectivity index (χ2n) is 7.45. The van der Waals surface area contributed by atoms with E-state index in [1.54, 1.807) is 0 Å². The molecule has 3 fully saturated rings. The highest BCUT2D eigenvalue weighted by atomic mass is 16.1. The second-order valence-corrected chi connectivity index (χ2v) is 7.45. The first-order valence-corrected chi connectivity index (χ1v) is 7.38. The highest BCUT2D eigenvalue weighted by Gasteiger charge is 2.61. The molecule has 19 heavy (non-hydrogen) atoms. The lowest BCUT2D eigenvalue weighted by molar-refractivity contribution is -0.157. The van der Waals surface area contributed by atoms with Crippen molar-refractivity contribution in [2.45, 2.75) is 52.9 Å². The summed E-state index contributed by atoms with van der Waals surface area (Å²) < 4.78 is 0. The summed E-state index contributed by atoms with van der Waals surface area (Å²) in [7, 11) is 0. The predicted octanol–water partition coefficient (Wildman–Crippen LogP) is 2.57. The Morgan fingerprint density at radius 1 is 0.947 bits per heavy atom. The molecule has 0 bridgehead atoms. The standard InChI is InChI=1S/C16H22O3/c1-15(2)12(18)6-4-9-10-5-7-13(19)16(10,3)8-11(17)14(9)15/h9-10,14H,4-8H2,1-3H3. The monoisotopic (exact) mass is 262 g/mol. The third kappa shape index (κ3) is 1.53. The van der Waals surface area contributed by atoms with Crippen molar-refractivity contribution < 1.29 is 14.4 Å². The van der Waals surface area contributed by atoms with Crippen LogP contribution in [0.25, 0.3) is 0 Å². The summed E-state index contributed by atoms with van der Waals surface area (Å²) in [5.41, 5.74) is -0.971. The predicted molar refractivity (Wildman–Crippen MR) is 70.5 cm³/mol. The fraction of sp³-hybridized carbons (Fsp3) is 0.812. The molecule has 4 atom stereocenters. The van der Waals surface area contributed by atoms with Crippen molar-refractivity contribution in [1.82, 2.24) is 0 Å². The van der Waals surface area contributed by atoms with Crippen LogP contribution in [0.4, 0.5) is 0 Å². The Labute approximate surface area is 114 Å². The molecule has 3 saturated carbocycles. The molecule has 3 aliphatic carbocycles. The molecule has 0 N–H and O–H groups in total. The SMILES string of the molecule is CC1(C)C(=O)CCC2C1C(=O)CC1(C)C(=O)CCC21. The van der Waals surface area contributed by atoms with Crippen molar-refractivity contribution in [3.63, 3.8) is 0 Å². The molecular weight excluding hydrogens is 240 g/mol.